The van der Waals surface area contributed by atoms with E-state index in [-0.39, 0.29) is 6.42 Å². The van der Waals surface area contributed by atoms with Gasteiger partial charge in [0.1, 0.15) is 0 Å². The zero-order valence-electron chi connectivity index (χ0n) is 9.36. The maximum Gasteiger partial charge on any atom is 0.304 e. The van der Waals surface area contributed by atoms with Gasteiger partial charge in [0.05, 0.1) is 22.8 Å². The van der Waals surface area contributed by atoms with Crippen LogP contribution in [0.1, 0.15) is 24.7 Å². The molecule has 1 heterocycles. The van der Waals surface area contributed by atoms with Gasteiger partial charge in [-0.15, -0.1) is 0 Å². The molecule has 0 amide bonds. The van der Waals surface area contributed by atoms with Gasteiger partial charge in [0.25, 0.3) is 0 Å². The third-order valence-electron chi connectivity index (χ3n) is 2.20. The standard InChI is InChI=1S/C10H15ClN2O2S/c1-3-7-10(11)8(13(2)12-7)6-16-5-4-9(14)15/h3-6H2,1-2H3,(H,14,15). The van der Waals surface area contributed by atoms with Crippen LogP contribution >= 0.6 is 23.4 Å². The van der Waals surface area contributed by atoms with Gasteiger partial charge >= 0.3 is 5.97 Å². The summed E-state index contributed by atoms with van der Waals surface area (Å²) in [5, 5.41) is 13.5. The summed E-state index contributed by atoms with van der Waals surface area (Å²) in [5.41, 5.74) is 1.87. The van der Waals surface area contributed by atoms with E-state index in [1.165, 1.54) is 0 Å². The summed E-state index contributed by atoms with van der Waals surface area (Å²) in [6, 6.07) is 0. The Morgan fingerprint density at radius 3 is 2.81 bits per heavy atom. The van der Waals surface area contributed by atoms with E-state index in [4.69, 9.17) is 16.7 Å². The molecule has 0 spiro atoms. The van der Waals surface area contributed by atoms with E-state index in [0.717, 1.165) is 17.8 Å². The quantitative estimate of drug-likeness (QED) is 0.800. The van der Waals surface area contributed by atoms with Crippen molar-refractivity contribution in [2.24, 2.45) is 7.05 Å². The molecular weight excluding hydrogens is 248 g/mol. The first kappa shape index (κ1) is 13.4. The Kier molecular flexibility index (Phi) is 5.15. The van der Waals surface area contributed by atoms with Gasteiger partial charge in [-0.1, -0.05) is 18.5 Å². The van der Waals surface area contributed by atoms with Gasteiger partial charge in [-0.05, 0) is 6.42 Å². The molecule has 1 rings (SSSR count). The van der Waals surface area contributed by atoms with Crippen molar-refractivity contribution >= 4 is 29.3 Å². The van der Waals surface area contributed by atoms with Crippen LogP contribution in [-0.2, 0) is 24.0 Å². The van der Waals surface area contributed by atoms with Crippen molar-refractivity contribution in [1.29, 1.82) is 0 Å². The van der Waals surface area contributed by atoms with Crippen molar-refractivity contribution in [3.05, 3.63) is 16.4 Å². The number of carboxylic acids is 1. The van der Waals surface area contributed by atoms with Crippen LogP contribution in [0.3, 0.4) is 0 Å². The molecule has 0 fully saturated rings. The molecule has 0 aliphatic carbocycles. The number of halogens is 1. The first-order chi connectivity index (χ1) is 7.56. The zero-order chi connectivity index (χ0) is 12.1. The number of carbonyl (C=O) groups is 1. The number of aryl methyl sites for hydroxylation is 2. The first-order valence-electron chi connectivity index (χ1n) is 5.06. The number of nitrogens with zero attached hydrogens (tertiary/aromatic N) is 2. The molecule has 1 N–H and O–H groups in total. The second-order valence-corrected chi connectivity index (χ2v) is 4.86. The molecule has 0 aliphatic heterocycles. The lowest BCUT2D eigenvalue weighted by molar-refractivity contribution is -0.136. The van der Waals surface area contributed by atoms with E-state index in [9.17, 15) is 4.79 Å². The smallest absolute Gasteiger partial charge is 0.304 e. The summed E-state index contributed by atoms with van der Waals surface area (Å²) in [4.78, 5) is 10.3. The fourth-order valence-electron chi connectivity index (χ4n) is 1.30. The highest BCUT2D eigenvalue weighted by atomic mass is 35.5. The Bertz CT molecular complexity index is 379. The van der Waals surface area contributed by atoms with Crippen LogP contribution < -0.4 is 0 Å². The van der Waals surface area contributed by atoms with E-state index in [1.807, 2.05) is 14.0 Å². The number of hydrogen-bond acceptors (Lipinski definition) is 3. The fourth-order valence-corrected chi connectivity index (χ4v) is 2.73. The summed E-state index contributed by atoms with van der Waals surface area (Å²) in [6.07, 6.45) is 0.993. The number of hydrogen-bond donors (Lipinski definition) is 1. The molecule has 16 heavy (non-hydrogen) atoms. The molecule has 0 aliphatic rings. The van der Waals surface area contributed by atoms with Gasteiger partial charge in [0.15, 0.2) is 0 Å². The Morgan fingerprint density at radius 2 is 2.31 bits per heavy atom. The van der Waals surface area contributed by atoms with Crippen LogP contribution in [0, 0.1) is 0 Å². The minimum atomic E-state index is -0.766. The zero-order valence-corrected chi connectivity index (χ0v) is 10.9. The predicted octanol–water partition coefficient (Wildman–Crippen LogP) is 2.34. The third-order valence-corrected chi connectivity index (χ3v) is 3.61. The molecule has 0 aromatic carbocycles. The van der Waals surface area contributed by atoms with E-state index in [2.05, 4.69) is 5.10 Å². The lowest BCUT2D eigenvalue weighted by atomic mass is 10.3. The lowest BCUT2D eigenvalue weighted by Gasteiger charge is -2.01. The number of aromatic nitrogens is 2. The minimum Gasteiger partial charge on any atom is -0.481 e. The van der Waals surface area contributed by atoms with Crippen LogP contribution in [0.4, 0.5) is 0 Å². The summed E-state index contributed by atoms with van der Waals surface area (Å²) in [6.45, 7) is 2.01. The average molecular weight is 263 g/mol. The van der Waals surface area contributed by atoms with Crippen LogP contribution in [0.5, 0.6) is 0 Å². The Morgan fingerprint density at radius 1 is 1.62 bits per heavy atom. The van der Waals surface area contributed by atoms with Crippen LogP contribution in [0.2, 0.25) is 5.02 Å². The van der Waals surface area contributed by atoms with E-state index in [1.54, 1.807) is 16.4 Å². The molecule has 1 aromatic heterocycles. The van der Waals surface area contributed by atoms with Crippen molar-refractivity contribution < 1.29 is 9.90 Å². The van der Waals surface area contributed by atoms with Crippen molar-refractivity contribution in [2.45, 2.75) is 25.5 Å². The van der Waals surface area contributed by atoms with Gasteiger partial charge < -0.3 is 5.11 Å². The molecule has 0 atom stereocenters. The minimum absolute atomic E-state index is 0.181. The molecule has 6 heteroatoms. The molecular formula is C10H15ClN2O2S. The highest BCUT2D eigenvalue weighted by Gasteiger charge is 2.12. The van der Waals surface area contributed by atoms with Gasteiger partial charge in [0, 0.05) is 18.6 Å². The van der Waals surface area contributed by atoms with Crippen molar-refractivity contribution in [1.82, 2.24) is 9.78 Å². The molecule has 0 saturated carbocycles. The van der Waals surface area contributed by atoms with Crippen LogP contribution in [0.15, 0.2) is 0 Å². The van der Waals surface area contributed by atoms with Crippen molar-refractivity contribution in [2.75, 3.05) is 5.75 Å². The third kappa shape index (κ3) is 3.42. The summed E-state index contributed by atoms with van der Waals surface area (Å²) in [5.74, 6) is 0.534. The second kappa shape index (κ2) is 6.15. The molecule has 4 nitrogen and oxygen atoms in total. The largest absolute Gasteiger partial charge is 0.481 e. The van der Waals surface area contributed by atoms with Crippen LogP contribution in [0.25, 0.3) is 0 Å². The summed E-state index contributed by atoms with van der Waals surface area (Å²) in [7, 11) is 1.86. The van der Waals surface area contributed by atoms with Crippen molar-refractivity contribution in [3.8, 4) is 0 Å². The van der Waals surface area contributed by atoms with E-state index in [0.29, 0.717) is 16.5 Å². The number of carboxylic acid groups (broad SMARTS) is 1. The normalized spacial score (nSPS) is 10.7. The summed E-state index contributed by atoms with van der Waals surface area (Å²) >= 11 is 7.72. The highest BCUT2D eigenvalue weighted by Crippen LogP contribution is 2.24. The lowest BCUT2D eigenvalue weighted by Crippen LogP contribution is -1.99. The van der Waals surface area contributed by atoms with E-state index < -0.39 is 5.97 Å². The molecule has 90 valence electrons. The van der Waals surface area contributed by atoms with Gasteiger partial charge in [-0.2, -0.15) is 16.9 Å². The highest BCUT2D eigenvalue weighted by molar-refractivity contribution is 7.98. The molecule has 0 saturated heterocycles. The Balaban J connectivity index is 2.53. The average Bonchev–Trinajstić information content (AvgIpc) is 2.50. The van der Waals surface area contributed by atoms with Gasteiger partial charge in [-0.25, -0.2) is 0 Å². The van der Waals surface area contributed by atoms with Crippen LogP contribution in [-0.4, -0.2) is 26.6 Å². The van der Waals surface area contributed by atoms with Crippen molar-refractivity contribution in [3.63, 3.8) is 0 Å². The molecule has 0 unspecified atom stereocenters. The SMILES string of the molecule is CCc1nn(C)c(CSCCC(=O)O)c1Cl. The van der Waals surface area contributed by atoms with Gasteiger partial charge in [0.2, 0.25) is 0 Å². The Hall–Kier alpha value is -0.680. The summed E-state index contributed by atoms with van der Waals surface area (Å²) < 4.78 is 1.77. The fraction of sp³-hybridized carbons (Fsp3) is 0.600. The first-order valence-corrected chi connectivity index (χ1v) is 6.59. The molecule has 0 bridgehead atoms. The molecule has 0 radical (unpaired) electrons. The monoisotopic (exact) mass is 262 g/mol. The maximum absolute atomic E-state index is 10.3. The topological polar surface area (TPSA) is 55.1 Å². The number of thioether (sulfide) groups is 1. The number of rotatable bonds is 6. The van der Waals surface area contributed by atoms with E-state index >= 15 is 0 Å². The molecule has 1 aromatic rings. The second-order valence-electron chi connectivity index (χ2n) is 3.38. The number of aliphatic carboxylic acids is 1. The Labute approximate surface area is 104 Å². The maximum atomic E-state index is 10.3. The van der Waals surface area contributed by atoms with Gasteiger partial charge in [-0.3, -0.25) is 9.48 Å². The predicted molar refractivity (Wildman–Crippen MR) is 66.0 cm³/mol.